The minimum Gasteiger partial charge on any atom is -0.497 e. The lowest BCUT2D eigenvalue weighted by molar-refractivity contribution is -0.118. The van der Waals surface area contributed by atoms with Crippen molar-refractivity contribution in [2.24, 2.45) is 5.73 Å². The first-order chi connectivity index (χ1) is 8.43. The summed E-state index contributed by atoms with van der Waals surface area (Å²) < 4.78 is 4.99. The van der Waals surface area contributed by atoms with Crippen molar-refractivity contribution in [2.45, 2.75) is 19.4 Å². The zero-order chi connectivity index (χ0) is 13.7. The van der Waals surface area contributed by atoms with E-state index in [4.69, 9.17) is 16.2 Å². The maximum Gasteiger partial charge on any atom is 0.253 e. The number of benzene rings is 1. The van der Waals surface area contributed by atoms with Crippen molar-refractivity contribution in [2.75, 3.05) is 12.8 Å². The molecule has 6 nitrogen and oxygen atoms in total. The minimum atomic E-state index is -0.467. The van der Waals surface area contributed by atoms with E-state index < -0.39 is 5.91 Å². The normalized spacial score (nSPS) is 11.7. The highest BCUT2D eigenvalue weighted by Gasteiger charge is 2.14. The molecule has 0 aliphatic rings. The van der Waals surface area contributed by atoms with Crippen LogP contribution in [0.15, 0.2) is 18.2 Å². The molecule has 5 N–H and O–H groups in total. The molecular formula is C12H17N3O3. The fourth-order valence-electron chi connectivity index (χ4n) is 1.53. The number of amides is 2. The Hall–Kier alpha value is -2.24. The molecule has 1 rings (SSSR count). The van der Waals surface area contributed by atoms with Crippen LogP contribution >= 0.6 is 0 Å². The summed E-state index contributed by atoms with van der Waals surface area (Å²) >= 11 is 0. The van der Waals surface area contributed by atoms with Crippen LogP contribution in [-0.4, -0.2) is 25.0 Å². The predicted molar refractivity (Wildman–Crippen MR) is 68.1 cm³/mol. The lowest BCUT2D eigenvalue weighted by atomic mass is 10.1. The molecule has 0 fully saturated rings. The van der Waals surface area contributed by atoms with E-state index >= 15 is 0 Å². The van der Waals surface area contributed by atoms with E-state index in [2.05, 4.69) is 5.32 Å². The van der Waals surface area contributed by atoms with Crippen LogP contribution in [0.25, 0.3) is 0 Å². The summed E-state index contributed by atoms with van der Waals surface area (Å²) in [6.07, 6.45) is 0.0851. The average molecular weight is 251 g/mol. The first kappa shape index (κ1) is 13.8. The van der Waals surface area contributed by atoms with Gasteiger partial charge < -0.3 is 21.5 Å². The van der Waals surface area contributed by atoms with Gasteiger partial charge in [-0.1, -0.05) is 0 Å². The van der Waals surface area contributed by atoms with Crippen LogP contribution in [0.3, 0.4) is 0 Å². The van der Waals surface area contributed by atoms with Crippen LogP contribution in [-0.2, 0) is 4.79 Å². The number of nitrogens with one attached hydrogen (secondary N) is 1. The molecule has 18 heavy (non-hydrogen) atoms. The summed E-state index contributed by atoms with van der Waals surface area (Å²) in [5.41, 5.74) is 11.4. The Labute approximate surface area is 105 Å². The number of ether oxygens (including phenoxy) is 1. The van der Waals surface area contributed by atoms with E-state index in [1.54, 1.807) is 25.1 Å². The largest absolute Gasteiger partial charge is 0.497 e. The maximum absolute atomic E-state index is 11.9. The zero-order valence-electron chi connectivity index (χ0n) is 10.4. The molecule has 0 spiro atoms. The Bertz CT molecular complexity index is 460. The van der Waals surface area contributed by atoms with Crippen LogP contribution < -0.4 is 21.5 Å². The highest BCUT2D eigenvalue weighted by atomic mass is 16.5. The van der Waals surface area contributed by atoms with Crippen LogP contribution in [0.4, 0.5) is 5.69 Å². The number of carbonyl (C=O) groups is 2. The van der Waals surface area contributed by atoms with Crippen molar-refractivity contribution in [1.29, 1.82) is 0 Å². The molecule has 1 atom stereocenters. The summed E-state index contributed by atoms with van der Waals surface area (Å²) in [6, 6.07) is 4.44. The van der Waals surface area contributed by atoms with Gasteiger partial charge in [0.05, 0.1) is 12.7 Å². The van der Waals surface area contributed by atoms with Crippen LogP contribution in [0.5, 0.6) is 5.75 Å². The molecule has 0 aromatic heterocycles. The number of anilines is 1. The van der Waals surface area contributed by atoms with E-state index in [0.717, 1.165) is 0 Å². The SMILES string of the molecule is COc1ccc(C(=O)NC(C)CC(N)=O)c(N)c1. The highest BCUT2D eigenvalue weighted by Crippen LogP contribution is 2.19. The Balaban J connectivity index is 2.75. The van der Waals surface area contributed by atoms with E-state index in [1.165, 1.54) is 7.11 Å². The van der Waals surface area contributed by atoms with E-state index in [-0.39, 0.29) is 18.4 Å². The number of nitrogen functional groups attached to an aromatic ring is 1. The third-order valence-corrected chi connectivity index (χ3v) is 2.39. The van der Waals surface area contributed by atoms with Crippen LogP contribution in [0.2, 0.25) is 0 Å². The average Bonchev–Trinajstić information content (AvgIpc) is 2.27. The first-order valence-corrected chi connectivity index (χ1v) is 5.46. The van der Waals surface area contributed by atoms with Crippen LogP contribution in [0.1, 0.15) is 23.7 Å². The molecule has 2 amide bonds. The molecule has 6 heteroatoms. The predicted octanol–water partition coefficient (Wildman–Crippen LogP) is 0.271. The van der Waals surface area contributed by atoms with Crippen molar-refractivity contribution >= 4 is 17.5 Å². The topological polar surface area (TPSA) is 107 Å². The summed E-state index contributed by atoms with van der Waals surface area (Å²) in [6.45, 7) is 1.70. The summed E-state index contributed by atoms with van der Waals surface area (Å²) in [5, 5.41) is 2.65. The second-order valence-electron chi connectivity index (χ2n) is 4.00. The molecule has 0 aliphatic heterocycles. The number of primary amides is 1. The summed E-state index contributed by atoms with van der Waals surface area (Å²) in [7, 11) is 1.52. The van der Waals surface area contributed by atoms with Gasteiger partial charge in [-0.25, -0.2) is 0 Å². The van der Waals surface area contributed by atoms with E-state index in [9.17, 15) is 9.59 Å². The molecule has 1 aromatic carbocycles. The maximum atomic E-state index is 11.9. The van der Waals surface area contributed by atoms with Gasteiger partial charge in [0.25, 0.3) is 5.91 Å². The van der Waals surface area contributed by atoms with Crippen LogP contribution in [0, 0.1) is 0 Å². The molecule has 0 bridgehead atoms. The standard InChI is InChI=1S/C12H17N3O3/c1-7(5-11(14)16)15-12(17)9-4-3-8(18-2)6-10(9)13/h3-4,6-7H,5,13H2,1-2H3,(H2,14,16)(H,15,17). The number of methoxy groups -OCH3 is 1. The molecule has 0 saturated heterocycles. The lowest BCUT2D eigenvalue weighted by Crippen LogP contribution is -2.36. The van der Waals surface area contributed by atoms with E-state index in [0.29, 0.717) is 17.0 Å². The van der Waals surface area contributed by atoms with Crippen molar-refractivity contribution in [3.63, 3.8) is 0 Å². The molecule has 0 heterocycles. The third-order valence-electron chi connectivity index (χ3n) is 2.39. The third kappa shape index (κ3) is 3.65. The van der Waals surface area contributed by atoms with Gasteiger partial charge in [0.1, 0.15) is 5.75 Å². The zero-order valence-corrected chi connectivity index (χ0v) is 10.4. The molecule has 0 aliphatic carbocycles. The Morgan fingerprint density at radius 1 is 1.44 bits per heavy atom. The minimum absolute atomic E-state index is 0.0851. The number of rotatable bonds is 5. The van der Waals surface area contributed by atoms with Gasteiger partial charge in [0.15, 0.2) is 0 Å². The quantitative estimate of drug-likeness (QED) is 0.653. The van der Waals surface area contributed by atoms with E-state index in [1.807, 2.05) is 0 Å². The van der Waals surface area contributed by atoms with Crippen molar-refractivity contribution < 1.29 is 14.3 Å². The Morgan fingerprint density at radius 2 is 2.11 bits per heavy atom. The number of nitrogens with two attached hydrogens (primary N) is 2. The van der Waals surface area contributed by atoms with Gasteiger partial charge in [0.2, 0.25) is 5.91 Å². The highest BCUT2D eigenvalue weighted by molar-refractivity contribution is 5.99. The van der Waals surface area contributed by atoms with Gasteiger partial charge in [-0.05, 0) is 19.1 Å². The smallest absolute Gasteiger partial charge is 0.253 e. The second-order valence-corrected chi connectivity index (χ2v) is 4.00. The molecule has 1 aromatic rings. The van der Waals surface area contributed by atoms with Crippen molar-refractivity contribution in [1.82, 2.24) is 5.32 Å². The molecule has 0 saturated carbocycles. The Kier molecular flexibility index (Phi) is 4.53. The monoisotopic (exact) mass is 251 g/mol. The molecule has 98 valence electrons. The fourth-order valence-corrected chi connectivity index (χ4v) is 1.53. The van der Waals surface area contributed by atoms with Gasteiger partial charge in [-0.3, -0.25) is 9.59 Å². The molecule has 0 radical (unpaired) electrons. The number of hydrogen-bond acceptors (Lipinski definition) is 4. The van der Waals surface area contributed by atoms with Crippen molar-refractivity contribution in [3.8, 4) is 5.75 Å². The van der Waals surface area contributed by atoms with Gasteiger partial charge in [-0.2, -0.15) is 0 Å². The fraction of sp³-hybridized carbons (Fsp3) is 0.333. The molecular weight excluding hydrogens is 234 g/mol. The van der Waals surface area contributed by atoms with Gasteiger partial charge in [-0.15, -0.1) is 0 Å². The van der Waals surface area contributed by atoms with Crippen molar-refractivity contribution in [3.05, 3.63) is 23.8 Å². The number of carbonyl (C=O) groups excluding carboxylic acids is 2. The number of hydrogen-bond donors (Lipinski definition) is 3. The lowest BCUT2D eigenvalue weighted by Gasteiger charge is -2.13. The van der Waals surface area contributed by atoms with Gasteiger partial charge in [0, 0.05) is 24.2 Å². The Morgan fingerprint density at radius 3 is 2.61 bits per heavy atom. The first-order valence-electron chi connectivity index (χ1n) is 5.46. The summed E-state index contributed by atoms with van der Waals surface area (Å²) in [5.74, 6) is -0.233. The van der Waals surface area contributed by atoms with Gasteiger partial charge >= 0.3 is 0 Å². The second kappa shape index (κ2) is 5.90. The molecule has 1 unspecified atom stereocenters. The summed E-state index contributed by atoms with van der Waals surface area (Å²) in [4.78, 5) is 22.6.